The van der Waals surface area contributed by atoms with E-state index in [-0.39, 0.29) is 18.8 Å². The lowest BCUT2D eigenvalue weighted by Crippen LogP contribution is -2.60. The Morgan fingerprint density at radius 3 is 2.53 bits per heavy atom. The molecule has 1 aliphatic heterocycles. The highest BCUT2D eigenvalue weighted by molar-refractivity contribution is 5.97. The van der Waals surface area contributed by atoms with Crippen molar-refractivity contribution in [3.8, 4) is 0 Å². The van der Waals surface area contributed by atoms with Crippen LogP contribution in [0.15, 0.2) is 12.1 Å². The summed E-state index contributed by atoms with van der Waals surface area (Å²) >= 11 is 0. The van der Waals surface area contributed by atoms with Gasteiger partial charge in [0.2, 0.25) is 0 Å². The first kappa shape index (κ1) is 23.7. The Morgan fingerprint density at radius 2 is 2.00 bits per heavy atom. The standard InChI is InChI=1S/C22H33N3O5/c1-6-7-12-30-18(26)13-22(21(3,4)5)17-9-8-16(19(23)24-29)14(2)15(17)10-11-25(22)20(27)28/h8-9,29H,6-7,10-13H2,1-5H3,(H2,23,24)(H,27,28). The molecule has 8 nitrogen and oxygen atoms in total. The minimum Gasteiger partial charge on any atom is -0.466 e. The fraction of sp³-hybridized carbons (Fsp3) is 0.591. The summed E-state index contributed by atoms with van der Waals surface area (Å²) in [5, 5.41) is 27.1. The van der Waals surface area contributed by atoms with Gasteiger partial charge in [-0.3, -0.25) is 25.8 Å². The highest BCUT2D eigenvalue weighted by Crippen LogP contribution is 2.51. The quantitative estimate of drug-likeness (QED) is 0.183. The Hall–Kier alpha value is -2.61. The Morgan fingerprint density at radius 1 is 1.33 bits per heavy atom. The molecule has 0 spiro atoms. The van der Waals surface area contributed by atoms with Crippen molar-refractivity contribution in [3.63, 3.8) is 0 Å². The molecular weight excluding hydrogens is 386 g/mol. The van der Waals surface area contributed by atoms with Gasteiger partial charge in [0.15, 0.2) is 0 Å². The summed E-state index contributed by atoms with van der Waals surface area (Å²) in [6.07, 6.45) is 0.945. The van der Waals surface area contributed by atoms with Crippen molar-refractivity contribution in [2.24, 2.45) is 5.41 Å². The number of hydrogen-bond donors (Lipinski definition) is 4. The van der Waals surface area contributed by atoms with Gasteiger partial charge >= 0.3 is 12.1 Å². The number of carbonyl (C=O) groups excluding carboxylic acids is 1. The lowest BCUT2D eigenvalue weighted by atomic mass is 9.62. The van der Waals surface area contributed by atoms with E-state index in [1.54, 1.807) is 12.1 Å². The topological polar surface area (TPSA) is 123 Å². The number of unbranched alkanes of at least 4 members (excludes halogenated alkanes) is 1. The number of carbonyl (C=O) groups is 2. The van der Waals surface area contributed by atoms with Crippen molar-refractivity contribution in [1.29, 1.82) is 5.41 Å². The van der Waals surface area contributed by atoms with Crippen LogP contribution in [-0.4, -0.2) is 46.3 Å². The molecule has 8 heteroatoms. The average Bonchev–Trinajstić information content (AvgIpc) is 2.67. The van der Waals surface area contributed by atoms with Gasteiger partial charge in [0.25, 0.3) is 0 Å². The third-order valence-electron chi connectivity index (χ3n) is 6.10. The first-order valence-electron chi connectivity index (χ1n) is 10.3. The molecule has 1 amide bonds. The first-order valence-corrected chi connectivity index (χ1v) is 10.3. The van der Waals surface area contributed by atoms with Crippen LogP contribution in [0.4, 0.5) is 4.79 Å². The second-order valence-corrected chi connectivity index (χ2v) is 8.80. The van der Waals surface area contributed by atoms with Crippen LogP contribution in [0.5, 0.6) is 0 Å². The Bertz CT molecular complexity index is 831. The zero-order valence-corrected chi connectivity index (χ0v) is 18.5. The summed E-state index contributed by atoms with van der Waals surface area (Å²) in [6.45, 7) is 10.2. The van der Waals surface area contributed by atoms with Gasteiger partial charge in [-0.05, 0) is 41.9 Å². The highest BCUT2D eigenvalue weighted by atomic mass is 16.5. The first-order chi connectivity index (χ1) is 14.0. The van der Waals surface area contributed by atoms with E-state index in [0.29, 0.717) is 18.6 Å². The summed E-state index contributed by atoms with van der Waals surface area (Å²) in [6, 6.07) is 3.47. The molecule has 0 radical (unpaired) electrons. The van der Waals surface area contributed by atoms with E-state index >= 15 is 0 Å². The number of amides is 1. The maximum Gasteiger partial charge on any atom is 0.408 e. The van der Waals surface area contributed by atoms with Crippen molar-refractivity contribution in [2.75, 3.05) is 13.2 Å². The SMILES string of the molecule is CCCCOC(=O)CC1(C(C)(C)C)c2ccc(C(=N)NO)c(C)c2CCN1C(=O)O. The number of esters is 1. The van der Waals surface area contributed by atoms with Crippen LogP contribution < -0.4 is 5.48 Å². The fourth-order valence-electron chi connectivity index (χ4n) is 4.47. The number of nitrogens with one attached hydrogen (secondary N) is 2. The van der Waals surface area contributed by atoms with E-state index in [1.807, 2.05) is 40.1 Å². The van der Waals surface area contributed by atoms with Gasteiger partial charge in [-0.25, -0.2) is 4.79 Å². The lowest BCUT2D eigenvalue weighted by Gasteiger charge is -2.54. The van der Waals surface area contributed by atoms with E-state index in [0.717, 1.165) is 29.5 Å². The Balaban J connectivity index is 2.68. The predicted molar refractivity (Wildman–Crippen MR) is 113 cm³/mol. The van der Waals surface area contributed by atoms with Gasteiger partial charge in [0.1, 0.15) is 5.84 Å². The Kier molecular flexibility index (Phi) is 7.13. The van der Waals surface area contributed by atoms with E-state index < -0.39 is 23.0 Å². The molecular formula is C22H33N3O5. The molecule has 30 heavy (non-hydrogen) atoms. The number of hydroxylamine groups is 1. The van der Waals surface area contributed by atoms with E-state index in [4.69, 9.17) is 15.4 Å². The van der Waals surface area contributed by atoms with Gasteiger partial charge in [0, 0.05) is 12.1 Å². The number of nitrogens with zero attached hydrogens (tertiary/aromatic N) is 1. The molecule has 0 bridgehead atoms. The van der Waals surface area contributed by atoms with E-state index in [2.05, 4.69) is 0 Å². The molecule has 1 aromatic rings. The molecule has 4 N–H and O–H groups in total. The van der Waals surface area contributed by atoms with Gasteiger partial charge < -0.3 is 9.84 Å². The van der Waals surface area contributed by atoms with E-state index in [1.165, 1.54) is 4.90 Å². The van der Waals surface area contributed by atoms with Crippen LogP contribution >= 0.6 is 0 Å². The molecule has 1 unspecified atom stereocenters. The van der Waals surface area contributed by atoms with Crippen molar-refractivity contribution >= 4 is 17.9 Å². The van der Waals surface area contributed by atoms with Crippen LogP contribution in [0.25, 0.3) is 0 Å². The van der Waals surface area contributed by atoms with Gasteiger partial charge in [0.05, 0.1) is 18.6 Å². The molecule has 1 aliphatic rings. The molecule has 1 heterocycles. The van der Waals surface area contributed by atoms with Crippen molar-refractivity contribution in [1.82, 2.24) is 10.4 Å². The lowest BCUT2D eigenvalue weighted by molar-refractivity contribution is -0.150. The summed E-state index contributed by atoms with van der Waals surface area (Å²) in [7, 11) is 0. The third-order valence-corrected chi connectivity index (χ3v) is 6.10. The van der Waals surface area contributed by atoms with Crippen LogP contribution in [0.1, 0.15) is 69.2 Å². The smallest absolute Gasteiger partial charge is 0.408 e. The van der Waals surface area contributed by atoms with Crippen LogP contribution in [0.3, 0.4) is 0 Å². The zero-order valence-electron chi connectivity index (χ0n) is 18.5. The van der Waals surface area contributed by atoms with Gasteiger partial charge in [-0.1, -0.05) is 46.2 Å². The van der Waals surface area contributed by atoms with Gasteiger partial charge in [-0.2, -0.15) is 0 Å². The largest absolute Gasteiger partial charge is 0.466 e. The summed E-state index contributed by atoms with van der Waals surface area (Å²) in [5.41, 5.74) is 3.13. The molecule has 166 valence electrons. The number of rotatable bonds is 6. The van der Waals surface area contributed by atoms with Crippen molar-refractivity contribution in [3.05, 3.63) is 34.4 Å². The summed E-state index contributed by atoms with van der Waals surface area (Å²) in [4.78, 5) is 26.4. The van der Waals surface area contributed by atoms with Gasteiger partial charge in [-0.15, -0.1) is 0 Å². The number of ether oxygens (including phenoxy) is 1. The second kappa shape index (κ2) is 9.04. The van der Waals surface area contributed by atoms with E-state index in [9.17, 15) is 14.7 Å². The summed E-state index contributed by atoms with van der Waals surface area (Å²) < 4.78 is 5.42. The second-order valence-electron chi connectivity index (χ2n) is 8.80. The molecule has 0 aliphatic carbocycles. The maximum atomic E-state index is 12.8. The average molecular weight is 420 g/mol. The number of amidine groups is 1. The minimum atomic E-state index is -1.12. The normalized spacial score (nSPS) is 18.5. The fourth-order valence-corrected chi connectivity index (χ4v) is 4.47. The van der Waals surface area contributed by atoms with Crippen molar-refractivity contribution in [2.45, 2.75) is 65.8 Å². The number of hydrogen-bond acceptors (Lipinski definition) is 5. The predicted octanol–water partition coefficient (Wildman–Crippen LogP) is 3.81. The maximum absolute atomic E-state index is 12.8. The number of fused-ring (bicyclic) bond motifs is 1. The third kappa shape index (κ3) is 4.14. The van der Waals surface area contributed by atoms with Crippen molar-refractivity contribution < 1.29 is 24.6 Å². The summed E-state index contributed by atoms with van der Waals surface area (Å²) in [5.74, 6) is -0.555. The molecule has 1 atom stereocenters. The molecule has 2 rings (SSSR count). The number of carboxylic acid groups (broad SMARTS) is 1. The molecule has 0 saturated heterocycles. The Labute approximate surface area is 177 Å². The van der Waals surface area contributed by atoms with Crippen LogP contribution in [0.2, 0.25) is 0 Å². The molecule has 0 fully saturated rings. The minimum absolute atomic E-state index is 0.0893. The molecule has 0 saturated carbocycles. The van der Waals surface area contributed by atoms with Crippen LogP contribution in [-0.2, 0) is 21.5 Å². The highest BCUT2D eigenvalue weighted by Gasteiger charge is 2.54. The molecule has 0 aromatic heterocycles. The van der Waals surface area contributed by atoms with Crippen LogP contribution in [0, 0.1) is 17.7 Å². The molecule has 1 aromatic carbocycles. The number of benzene rings is 1. The zero-order chi connectivity index (χ0) is 22.7. The monoisotopic (exact) mass is 419 g/mol.